The summed E-state index contributed by atoms with van der Waals surface area (Å²) >= 11 is 0. The van der Waals surface area contributed by atoms with Gasteiger partial charge in [0, 0.05) is 5.69 Å². The minimum absolute atomic E-state index is 0.0235. The second-order valence-corrected chi connectivity index (χ2v) is 7.89. The molecule has 8 heteroatoms. The van der Waals surface area contributed by atoms with Crippen LogP contribution in [0.5, 0.6) is 11.5 Å². The quantitative estimate of drug-likeness (QED) is 0.256. The van der Waals surface area contributed by atoms with E-state index < -0.39 is 17.7 Å². The van der Waals surface area contributed by atoms with E-state index in [1.807, 2.05) is 30.3 Å². The highest BCUT2D eigenvalue weighted by atomic mass is 19.4. The molecule has 0 aliphatic carbocycles. The summed E-state index contributed by atoms with van der Waals surface area (Å²) in [5.41, 5.74) is 0.719. The molecule has 5 nitrogen and oxygen atoms in total. The molecule has 4 rings (SSSR count). The van der Waals surface area contributed by atoms with Gasteiger partial charge in [-0.15, -0.1) is 0 Å². The Balaban J connectivity index is 1.54. The van der Waals surface area contributed by atoms with Gasteiger partial charge in [0.2, 0.25) is 0 Å². The third kappa shape index (κ3) is 6.35. The average molecular weight is 493 g/mol. The summed E-state index contributed by atoms with van der Waals surface area (Å²) < 4.78 is 52.4. The molecule has 0 aromatic heterocycles. The maximum absolute atomic E-state index is 13.8. The lowest BCUT2D eigenvalue weighted by Gasteiger charge is -2.17. The number of hydrogen-bond acceptors (Lipinski definition) is 4. The van der Waals surface area contributed by atoms with Crippen molar-refractivity contribution < 1.29 is 32.5 Å². The largest absolute Gasteiger partial charge is 0.489 e. The number of carboxylic acid groups (broad SMARTS) is 1. The van der Waals surface area contributed by atoms with E-state index in [1.165, 1.54) is 24.3 Å². The van der Waals surface area contributed by atoms with Gasteiger partial charge in [-0.25, -0.2) is 4.79 Å². The number of anilines is 2. The van der Waals surface area contributed by atoms with Gasteiger partial charge in [0.05, 0.1) is 16.8 Å². The Bertz CT molecular complexity index is 1330. The van der Waals surface area contributed by atoms with Crippen LogP contribution in [0.25, 0.3) is 0 Å². The van der Waals surface area contributed by atoms with Crippen molar-refractivity contribution in [3.8, 4) is 11.5 Å². The van der Waals surface area contributed by atoms with Crippen LogP contribution >= 0.6 is 0 Å². The molecule has 0 atom stereocenters. The van der Waals surface area contributed by atoms with Gasteiger partial charge >= 0.3 is 12.1 Å². The topological polar surface area (TPSA) is 67.8 Å². The zero-order valence-corrected chi connectivity index (χ0v) is 19.0. The minimum Gasteiger partial charge on any atom is -0.489 e. The van der Waals surface area contributed by atoms with E-state index in [1.54, 1.807) is 36.4 Å². The lowest BCUT2D eigenvalue weighted by Crippen LogP contribution is -2.10. The van der Waals surface area contributed by atoms with E-state index in [-0.39, 0.29) is 35.9 Å². The predicted molar refractivity (Wildman–Crippen MR) is 130 cm³/mol. The van der Waals surface area contributed by atoms with E-state index in [0.29, 0.717) is 5.75 Å². The van der Waals surface area contributed by atoms with Crippen LogP contribution in [0.1, 0.15) is 27.0 Å². The highest BCUT2D eigenvalue weighted by Crippen LogP contribution is 2.39. The van der Waals surface area contributed by atoms with Crippen LogP contribution in [0, 0.1) is 0 Å². The highest BCUT2D eigenvalue weighted by Gasteiger charge is 2.35. The number of carbonyl (C=O) groups is 1. The standard InChI is InChI=1S/C28H22F3NO4/c29-28(30,31)24-15-21(11-14-26(24)36-18-20-9-5-2-6-10-20)32-25-13-12-22(16-23(25)27(33)34)35-17-19-7-3-1-4-8-19/h1-16,32H,17-18H2,(H,33,34). The summed E-state index contributed by atoms with van der Waals surface area (Å²) in [5.74, 6) is -1.25. The molecule has 36 heavy (non-hydrogen) atoms. The molecule has 0 bridgehead atoms. The summed E-state index contributed by atoms with van der Waals surface area (Å²) in [6.45, 7) is 0.219. The van der Waals surface area contributed by atoms with Crippen molar-refractivity contribution in [1.29, 1.82) is 0 Å². The van der Waals surface area contributed by atoms with Crippen LogP contribution in [-0.2, 0) is 19.4 Å². The number of hydrogen-bond donors (Lipinski definition) is 2. The van der Waals surface area contributed by atoms with Crippen molar-refractivity contribution in [2.45, 2.75) is 19.4 Å². The number of aromatic carboxylic acids is 1. The van der Waals surface area contributed by atoms with E-state index in [2.05, 4.69) is 5.32 Å². The Hall–Kier alpha value is -4.46. The second-order valence-electron chi connectivity index (χ2n) is 7.89. The van der Waals surface area contributed by atoms with E-state index in [0.717, 1.165) is 17.2 Å². The summed E-state index contributed by atoms with van der Waals surface area (Å²) in [6, 6.07) is 26.1. The first-order valence-corrected chi connectivity index (χ1v) is 11.0. The molecule has 0 unspecified atom stereocenters. The van der Waals surface area contributed by atoms with Crippen molar-refractivity contribution in [2.75, 3.05) is 5.32 Å². The number of rotatable bonds is 9. The molecule has 0 saturated carbocycles. The fourth-order valence-electron chi connectivity index (χ4n) is 3.49. The zero-order chi connectivity index (χ0) is 25.5. The molecule has 0 saturated heterocycles. The van der Waals surface area contributed by atoms with Crippen molar-refractivity contribution >= 4 is 17.3 Å². The minimum atomic E-state index is -4.67. The molecule has 184 valence electrons. The molecule has 4 aromatic carbocycles. The predicted octanol–water partition coefficient (Wildman–Crippen LogP) is 7.31. The van der Waals surface area contributed by atoms with Gasteiger partial charge in [-0.05, 0) is 47.5 Å². The van der Waals surface area contributed by atoms with Crippen molar-refractivity contribution in [3.05, 3.63) is 119 Å². The van der Waals surface area contributed by atoms with Gasteiger partial charge in [0.25, 0.3) is 0 Å². The molecule has 0 aliphatic heterocycles. The van der Waals surface area contributed by atoms with Gasteiger partial charge in [0.1, 0.15) is 24.7 Å². The molecule has 0 heterocycles. The molecular formula is C28H22F3NO4. The van der Waals surface area contributed by atoms with Gasteiger partial charge in [-0.2, -0.15) is 13.2 Å². The summed E-state index contributed by atoms with van der Waals surface area (Å²) in [5, 5.41) is 12.4. The molecular weight excluding hydrogens is 471 g/mol. The van der Waals surface area contributed by atoms with Crippen LogP contribution in [0.4, 0.5) is 24.5 Å². The highest BCUT2D eigenvalue weighted by molar-refractivity contribution is 5.95. The van der Waals surface area contributed by atoms with Crippen LogP contribution in [0.3, 0.4) is 0 Å². The molecule has 2 N–H and O–H groups in total. The number of nitrogens with one attached hydrogen (secondary N) is 1. The van der Waals surface area contributed by atoms with Crippen LogP contribution in [0.15, 0.2) is 97.1 Å². The lowest BCUT2D eigenvalue weighted by molar-refractivity contribution is -0.139. The van der Waals surface area contributed by atoms with E-state index in [4.69, 9.17) is 9.47 Å². The number of alkyl halides is 3. The number of benzene rings is 4. The Morgan fingerprint density at radius 2 is 1.39 bits per heavy atom. The first-order valence-electron chi connectivity index (χ1n) is 11.0. The Morgan fingerprint density at radius 3 is 1.97 bits per heavy atom. The third-order valence-electron chi connectivity index (χ3n) is 5.27. The van der Waals surface area contributed by atoms with E-state index in [9.17, 15) is 23.1 Å². The summed E-state index contributed by atoms with van der Waals surface area (Å²) in [4.78, 5) is 11.8. The number of halogens is 3. The smallest absolute Gasteiger partial charge is 0.420 e. The van der Waals surface area contributed by atoms with Crippen LogP contribution in [-0.4, -0.2) is 11.1 Å². The normalized spacial score (nSPS) is 11.1. The lowest BCUT2D eigenvalue weighted by atomic mass is 10.1. The SMILES string of the molecule is O=C(O)c1cc(OCc2ccccc2)ccc1Nc1ccc(OCc2ccccc2)c(C(F)(F)F)c1. The third-order valence-corrected chi connectivity index (χ3v) is 5.27. The molecule has 0 radical (unpaired) electrons. The molecule has 0 fully saturated rings. The first-order chi connectivity index (χ1) is 17.3. The zero-order valence-electron chi connectivity index (χ0n) is 19.0. The fraction of sp³-hybridized carbons (Fsp3) is 0.107. The van der Waals surface area contributed by atoms with Crippen molar-refractivity contribution in [1.82, 2.24) is 0 Å². The number of carboxylic acids is 1. The van der Waals surface area contributed by atoms with Gasteiger partial charge in [-0.1, -0.05) is 60.7 Å². The monoisotopic (exact) mass is 493 g/mol. The van der Waals surface area contributed by atoms with Crippen LogP contribution < -0.4 is 14.8 Å². The van der Waals surface area contributed by atoms with Crippen molar-refractivity contribution in [2.24, 2.45) is 0 Å². The van der Waals surface area contributed by atoms with Crippen LogP contribution in [0.2, 0.25) is 0 Å². The first kappa shape index (κ1) is 24.7. The maximum Gasteiger partial charge on any atom is 0.420 e. The fourth-order valence-corrected chi connectivity index (χ4v) is 3.49. The second kappa shape index (κ2) is 10.9. The average Bonchev–Trinajstić information content (AvgIpc) is 2.88. The summed E-state index contributed by atoms with van der Waals surface area (Å²) in [7, 11) is 0. The Kier molecular flexibility index (Phi) is 7.44. The molecule has 0 aliphatic rings. The van der Waals surface area contributed by atoms with Gasteiger partial charge in [0.15, 0.2) is 0 Å². The molecule has 0 spiro atoms. The number of ether oxygens (including phenoxy) is 2. The van der Waals surface area contributed by atoms with E-state index >= 15 is 0 Å². The van der Waals surface area contributed by atoms with Crippen molar-refractivity contribution in [3.63, 3.8) is 0 Å². The summed E-state index contributed by atoms with van der Waals surface area (Å²) in [6.07, 6.45) is -4.67. The van der Waals surface area contributed by atoms with Gasteiger partial charge in [-0.3, -0.25) is 0 Å². The maximum atomic E-state index is 13.8. The Labute approximate surface area is 205 Å². The molecule has 0 amide bonds. The Morgan fingerprint density at radius 1 is 0.778 bits per heavy atom. The van der Waals surface area contributed by atoms with Gasteiger partial charge < -0.3 is 19.9 Å². The molecule has 4 aromatic rings.